The van der Waals surface area contributed by atoms with Gasteiger partial charge in [0.1, 0.15) is 5.65 Å². The van der Waals surface area contributed by atoms with E-state index in [9.17, 15) is 4.79 Å². The van der Waals surface area contributed by atoms with Gasteiger partial charge in [0, 0.05) is 38.0 Å². The number of carbonyl (C=O) groups is 1. The van der Waals surface area contributed by atoms with Crippen LogP contribution in [0.25, 0.3) is 5.65 Å². The van der Waals surface area contributed by atoms with Gasteiger partial charge in [-0.05, 0) is 44.2 Å². The summed E-state index contributed by atoms with van der Waals surface area (Å²) in [5, 5.41) is 0. The molecule has 1 aliphatic carbocycles. The summed E-state index contributed by atoms with van der Waals surface area (Å²) in [5.41, 5.74) is 3.22. The van der Waals surface area contributed by atoms with Gasteiger partial charge in [0.05, 0.1) is 18.2 Å². The van der Waals surface area contributed by atoms with Crippen LogP contribution in [0.15, 0.2) is 24.5 Å². The van der Waals surface area contributed by atoms with Crippen LogP contribution >= 0.6 is 0 Å². The number of likely N-dealkylation sites (tertiary alicyclic amines) is 1. The van der Waals surface area contributed by atoms with Crippen molar-refractivity contribution in [1.29, 1.82) is 0 Å². The van der Waals surface area contributed by atoms with E-state index in [-0.39, 0.29) is 11.3 Å². The zero-order valence-electron chi connectivity index (χ0n) is 15.2. The molecule has 5 nitrogen and oxygen atoms in total. The number of hydrogen-bond donors (Lipinski definition) is 0. The van der Waals surface area contributed by atoms with Crippen LogP contribution in [0.4, 0.5) is 0 Å². The first kappa shape index (κ1) is 16.6. The molecule has 134 valence electrons. The quantitative estimate of drug-likeness (QED) is 0.862. The van der Waals surface area contributed by atoms with E-state index in [0.29, 0.717) is 12.5 Å². The SMILES string of the molecule is CO[C@@H]1CCC[C@]12CCCN(C(=O)Cc1cnc3c(C)cccn13)C2. The molecule has 2 atom stereocenters. The summed E-state index contributed by atoms with van der Waals surface area (Å²) in [5.74, 6) is 0.212. The highest BCUT2D eigenvalue weighted by Crippen LogP contribution is 2.46. The number of methoxy groups -OCH3 is 1. The highest BCUT2D eigenvalue weighted by atomic mass is 16.5. The summed E-state index contributed by atoms with van der Waals surface area (Å²) < 4.78 is 7.80. The molecule has 4 rings (SSSR count). The molecule has 0 aromatic carbocycles. The van der Waals surface area contributed by atoms with E-state index < -0.39 is 0 Å². The fraction of sp³-hybridized carbons (Fsp3) is 0.600. The number of hydrogen-bond acceptors (Lipinski definition) is 3. The molecule has 1 saturated carbocycles. The largest absolute Gasteiger partial charge is 0.381 e. The van der Waals surface area contributed by atoms with E-state index in [1.165, 1.54) is 19.3 Å². The van der Waals surface area contributed by atoms with Crippen LogP contribution in [-0.4, -0.2) is 46.5 Å². The number of nitrogens with zero attached hydrogens (tertiary/aromatic N) is 3. The molecule has 2 aromatic rings. The van der Waals surface area contributed by atoms with Gasteiger partial charge >= 0.3 is 0 Å². The first-order valence-electron chi connectivity index (χ1n) is 9.35. The second kappa shape index (κ2) is 6.45. The van der Waals surface area contributed by atoms with E-state index in [2.05, 4.69) is 9.88 Å². The van der Waals surface area contributed by atoms with Crippen LogP contribution < -0.4 is 0 Å². The van der Waals surface area contributed by atoms with Crippen molar-refractivity contribution in [2.24, 2.45) is 5.41 Å². The van der Waals surface area contributed by atoms with Gasteiger partial charge in [0.15, 0.2) is 0 Å². The minimum absolute atomic E-state index is 0.179. The lowest BCUT2D eigenvalue weighted by Crippen LogP contribution is -2.50. The zero-order chi connectivity index (χ0) is 17.4. The Kier molecular flexibility index (Phi) is 4.28. The molecule has 1 aliphatic heterocycles. The Balaban J connectivity index is 1.51. The Bertz CT molecular complexity index is 784. The van der Waals surface area contributed by atoms with Gasteiger partial charge in [0.2, 0.25) is 5.91 Å². The second-order valence-corrected chi connectivity index (χ2v) is 7.71. The average Bonchev–Trinajstić information content (AvgIpc) is 3.20. The van der Waals surface area contributed by atoms with Crippen LogP contribution in [0.1, 0.15) is 43.4 Å². The molecule has 2 aromatic heterocycles. The Morgan fingerprint density at radius 1 is 1.40 bits per heavy atom. The third-order valence-electron chi connectivity index (χ3n) is 6.21. The molecule has 0 unspecified atom stereocenters. The van der Waals surface area contributed by atoms with Crippen LogP contribution in [0.5, 0.6) is 0 Å². The third kappa shape index (κ3) is 2.84. The predicted molar refractivity (Wildman–Crippen MR) is 96.5 cm³/mol. The van der Waals surface area contributed by atoms with E-state index in [4.69, 9.17) is 4.74 Å². The van der Waals surface area contributed by atoms with Crippen LogP contribution in [0, 0.1) is 12.3 Å². The Morgan fingerprint density at radius 2 is 2.24 bits per heavy atom. The second-order valence-electron chi connectivity index (χ2n) is 7.71. The maximum absolute atomic E-state index is 13.0. The zero-order valence-corrected chi connectivity index (χ0v) is 15.2. The van der Waals surface area contributed by atoms with E-state index in [1.807, 2.05) is 43.0 Å². The number of amides is 1. The van der Waals surface area contributed by atoms with Gasteiger partial charge in [-0.25, -0.2) is 4.98 Å². The lowest BCUT2D eigenvalue weighted by molar-refractivity contribution is -0.136. The topological polar surface area (TPSA) is 46.8 Å². The van der Waals surface area contributed by atoms with Crippen molar-refractivity contribution in [1.82, 2.24) is 14.3 Å². The number of imidazole rings is 1. The standard InChI is InChI=1S/C20H27N3O2/c1-15-6-4-11-23-16(13-21-19(15)23)12-18(24)22-10-5-9-20(14-22)8-3-7-17(20)25-2/h4,6,11,13,17H,3,5,7-10,12,14H2,1-2H3/t17-,20-/m1/s1. The molecule has 2 fully saturated rings. The molecule has 0 radical (unpaired) electrons. The summed E-state index contributed by atoms with van der Waals surface area (Å²) in [6.45, 7) is 3.76. The van der Waals surface area contributed by atoms with Gasteiger partial charge in [0.25, 0.3) is 0 Å². The molecule has 0 N–H and O–H groups in total. The molecule has 1 saturated heterocycles. The number of piperidine rings is 1. The van der Waals surface area contributed by atoms with Crippen LogP contribution in [0.3, 0.4) is 0 Å². The number of fused-ring (bicyclic) bond motifs is 1. The highest BCUT2D eigenvalue weighted by molar-refractivity contribution is 5.79. The molecule has 0 bridgehead atoms. The maximum atomic E-state index is 13.0. The minimum atomic E-state index is 0.179. The number of ether oxygens (including phenoxy) is 1. The summed E-state index contributed by atoms with van der Waals surface area (Å²) >= 11 is 0. The molecular weight excluding hydrogens is 314 g/mol. The van der Waals surface area contributed by atoms with E-state index in [0.717, 1.165) is 42.8 Å². The number of rotatable bonds is 3. The van der Waals surface area contributed by atoms with Crippen LogP contribution in [0.2, 0.25) is 0 Å². The van der Waals surface area contributed by atoms with E-state index in [1.54, 1.807) is 0 Å². The number of aryl methyl sites for hydroxylation is 1. The fourth-order valence-corrected chi connectivity index (χ4v) is 4.91. The molecule has 1 amide bonds. The monoisotopic (exact) mass is 341 g/mol. The molecule has 3 heterocycles. The lowest BCUT2D eigenvalue weighted by Gasteiger charge is -2.43. The van der Waals surface area contributed by atoms with Crippen molar-refractivity contribution in [2.45, 2.75) is 51.6 Å². The average molecular weight is 341 g/mol. The Morgan fingerprint density at radius 3 is 3.08 bits per heavy atom. The van der Waals surface area contributed by atoms with Gasteiger partial charge < -0.3 is 14.0 Å². The van der Waals surface area contributed by atoms with Crippen molar-refractivity contribution < 1.29 is 9.53 Å². The normalized spacial score (nSPS) is 26.6. The molecule has 1 spiro atoms. The first-order valence-corrected chi connectivity index (χ1v) is 9.35. The molecule has 25 heavy (non-hydrogen) atoms. The van der Waals surface area contributed by atoms with Gasteiger partial charge in [-0.2, -0.15) is 0 Å². The molecular formula is C20H27N3O2. The van der Waals surface area contributed by atoms with E-state index >= 15 is 0 Å². The number of pyridine rings is 1. The summed E-state index contributed by atoms with van der Waals surface area (Å²) in [6, 6.07) is 4.06. The van der Waals surface area contributed by atoms with Gasteiger partial charge in [-0.15, -0.1) is 0 Å². The summed E-state index contributed by atoms with van der Waals surface area (Å²) in [4.78, 5) is 19.5. The maximum Gasteiger partial charge on any atom is 0.228 e. The van der Waals surface area contributed by atoms with Gasteiger partial charge in [-0.3, -0.25) is 4.79 Å². The smallest absolute Gasteiger partial charge is 0.228 e. The van der Waals surface area contributed by atoms with Crippen molar-refractivity contribution in [3.63, 3.8) is 0 Å². The Hall–Kier alpha value is -1.88. The highest BCUT2D eigenvalue weighted by Gasteiger charge is 2.46. The van der Waals surface area contributed by atoms with Crippen LogP contribution in [-0.2, 0) is 16.0 Å². The fourth-order valence-electron chi connectivity index (χ4n) is 4.91. The van der Waals surface area contributed by atoms with Crippen molar-refractivity contribution in [2.75, 3.05) is 20.2 Å². The first-order chi connectivity index (χ1) is 12.1. The number of aromatic nitrogens is 2. The van der Waals surface area contributed by atoms with Crippen molar-refractivity contribution in [3.05, 3.63) is 35.8 Å². The number of carbonyl (C=O) groups excluding carboxylic acids is 1. The molecule has 2 aliphatic rings. The Labute approximate surface area is 149 Å². The predicted octanol–water partition coefficient (Wildman–Crippen LogP) is 2.99. The minimum Gasteiger partial charge on any atom is -0.381 e. The lowest BCUT2D eigenvalue weighted by atomic mass is 9.76. The van der Waals surface area contributed by atoms with Gasteiger partial charge in [-0.1, -0.05) is 12.5 Å². The summed E-state index contributed by atoms with van der Waals surface area (Å²) in [6.07, 6.45) is 10.4. The van der Waals surface area contributed by atoms with Crippen molar-refractivity contribution >= 4 is 11.6 Å². The summed E-state index contributed by atoms with van der Waals surface area (Å²) in [7, 11) is 1.82. The van der Waals surface area contributed by atoms with Crippen molar-refractivity contribution in [3.8, 4) is 0 Å². The molecule has 5 heteroatoms. The third-order valence-corrected chi connectivity index (χ3v) is 6.21.